The van der Waals surface area contributed by atoms with E-state index in [-0.39, 0.29) is 19.0 Å². The zero-order valence-electron chi connectivity index (χ0n) is 15.7. The van der Waals surface area contributed by atoms with Gasteiger partial charge in [-0.05, 0) is 31.7 Å². The summed E-state index contributed by atoms with van der Waals surface area (Å²) in [5.41, 5.74) is 1.56. The normalized spacial score (nSPS) is 12.5. The largest absolute Gasteiger partial charge is 0.471 e. The number of rotatable bonds is 7. The number of amides is 2. The number of carbonyl (C=O) groups excluding carboxylic acids is 2. The van der Waals surface area contributed by atoms with E-state index < -0.39 is 18.1 Å². The van der Waals surface area contributed by atoms with Crippen molar-refractivity contribution in [2.45, 2.75) is 25.7 Å². The van der Waals surface area contributed by atoms with Crippen LogP contribution in [0.2, 0.25) is 0 Å². The number of nitrogens with one attached hydrogen (secondary N) is 2. The number of likely N-dealkylation sites (N-methyl/N-ethyl adjacent to an activating group) is 1. The van der Waals surface area contributed by atoms with Crippen molar-refractivity contribution in [1.82, 2.24) is 20.0 Å². The molecule has 0 aliphatic heterocycles. The smallest absolute Gasteiger partial charge is 0.331 e. The molecule has 0 radical (unpaired) electrons. The molecule has 1 aromatic carbocycles. The first kappa shape index (κ1) is 21.4. The molecule has 0 fully saturated rings. The quantitative estimate of drug-likeness (QED) is 0.751. The van der Waals surface area contributed by atoms with E-state index >= 15 is 0 Å². The maximum absolute atomic E-state index is 12.7. The summed E-state index contributed by atoms with van der Waals surface area (Å²) < 4.78 is 39.6. The molecule has 2 amide bonds. The van der Waals surface area contributed by atoms with Gasteiger partial charge in [0.15, 0.2) is 0 Å². The van der Waals surface area contributed by atoms with Gasteiger partial charge in [0, 0.05) is 37.6 Å². The number of hydrogen-bond donors (Lipinski definition) is 2. The lowest BCUT2D eigenvalue weighted by atomic mass is 10.1. The molecule has 0 saturated carbocycles. The van der Waals surface area contributed by atoms with E-state index in [1.807, 2.05) is 0 Å². The van der Waals surface area contributed by atoms with Crippen molar-refractivity contribution in [1.29, 1.82) is 0 Å². The number of halogens is 3. The van der Waals surface area contributed by atoms with Gasteiger partial charge in [-0.15, -0.1) is 0 Å². The Bertz CT molecular complexity index is 835. The van der Waals surface area contributed by atoms with Crippen LogP contribution in [0.5, 0.6) is 0 Å². The van der Waals surface area contributed by atoms with Crippen molar-refractivity contribution < 1.29 is 22.8 Å². The van der Waals surface area contributed by atoms with Crippen LogP contribution in [0.3, 0.4) is 0 Å². The van der Waals surface area contributed by atoms with E-state index in [1.165, 1.54) is 6.92 Å². The van der Waals surface area contributed by atoms with Gasteiger partial charge in [-0.25, -0.2) is 0 Å². The van der Waals surface area contributed by atoms with Gasteiger partial charge in [0.1, 0.15) is 6.04 Å². The van der Waals surface area contributed by atoms with Gasteiger partial charge in [-0.1, -0.05) is 12.1 Å². The fourth-order valence-corrected chi connectivity index (χ4v) is 2.73. The summed E-state index contributed by atoms with van der Waals surface area (Å²) in [5.74, 6) is -2.23. The van der Waals surface area contributed by atoms with Crippen LogP contribution in [0.25, 0.3) is 0 Å². The summed E-state index contributed by atoms with van der Waals surface area (Å²) >= 11 is 0. The summed E-state index contributed by atoms with van der Waals surface area (Å²) in [6.45, 7) is 1.18. The Kier molecular flexibility index (Phi) is 6.79. The monoisotopic (exact) mass is 397 g/mol. The Balaban J connectivity index is 2.12. The molecule has 28 heavy (non-hydrogen) atoms. The van der Waals surface area contributed by atoms with E-state index in [0.717, 1.165) is 0 Å². The number of alkyl halides is 3. The van der Waals surface area contributed by atoms with E-state index in [1.54, 1.807) is 55.4 Å². The second-order valence-electron chi connectivity index (χ2n) is 6.18. The average Bonchev–Trinajstić information content (AvgIpc) is 3.05. The first-order chi connectivity index (χ1) is 13.2. The molecule has 2 N–H and O–H groups in total. The maximum Gasteiger partial charge on any atom is 0.471 e. The molecule has 1 atom stereocenters. The zero-order chi connectivity index (χ0) is 20.9. The van der Waals surface area contributed by atoms with Crippen LogP contribution in [0, 0.1) is 0 Å². The molecule has 1 heterocycles. The number of benzene rings is 1. The average molecular weight is 397 g/mol. The molecule has 1 unspecified atom stereocenters. The zero-order valence-corrected chi connectivity index (χ0v) is 15.7. The Hall–Kier alpha value is -2.88. The van der Waals surface area contributed by atoms with Gasteiger partial charge in [0.25, 0.3) is 0 Å². The van der Waals surface area contributed by atoms with Gasteiger partial charge in [-0.3, -0.25) is 14.3 Å². The topological polar surface area (TPSA) is 79.3 Å². The van der Waals surface area contributed by atoms with Crippen LogP contribution < -0.4 is 10.6 Å². The number of aryl methyl sites for hydroxylation is 1. The lowest BCUT2D eigenvalue weighted by molar-refractivity contribution is -0.185. The molecule has 10 heteroatoms. The fourth-order valence-electron chi connectivity index (χ4n) is 2.73. The van der Waals surface area contributed by atoms with Crippen molar-refractivity contribution in [3.05, 3.63) is 47.8 Å². The molecule has 7 nitrogen and oxygen atoms in total. The molecule has 0 spiro atoms. The van der Waals surface area contributed by atoms with Crippen molar-refractivity contribution in [2.75, 3.05) is 18.9 Å². The third-order valence-corrected chi connectivity index (χ3v) is 4.09. The minimum absolute atomic E-state index is 0.0855. The maximum atomic E-state index is 12.7. The lowest BCUT2D eigenvalue weighted by Gasteiger charge is -2.22. The van der Waals surface area contributed by atoms with E-state index in [2.05, 4.69) is 15.7 Å². The van der Waals surface area contributed by atoms with E-state index in [0.29, 0.717) is 21.7 Å². The van der Waals surface area contributed by atoms with Crippen LogP contribution in [0.4, 0.5) is 18.9 Å². The SMILES string of the molecule is CCN(Cc1cccc(NC(=O)C(NC)c2cnn(C)c2)c1)C(=O)C(F)(F)F. The third-order valence-electron chi connectivity index (χ3n) is 4.09. The van der Waals surface area contributed by atoms with Gasteiger partial charge in [-0.2, -0.15) is 18.3 Å². The van der Waals surface area contributed by atoms with Crippen LogP contribution in [-0.4, -0.2) is 46.3 Å². The molecular formula is C18H22F3N5O2. The van der Waals surface area contributed by atoms with Gasteiger partial charge >= 0.3 is 12.1 Å². The fraction of sp³-hybridized carbons (Fsp3) is 0.389. The molecular weight excluding hydrogens is 375 g/mol. The van der Waals surface area contributed by atoms with Gasteiger partial charge < -0.3 is 15.5 Å². The Morgan fingerprint density at radius 2 is 2.04 bits per heavy atom. The van der Waals surface area contributed by atoms with Crippen molar-refractivity contribution >= 4 is 17.5 Å². The van der Waals surface area contributed by atoms with Crippen molar-refractivity contribution in [3.8, 4) is 0 Å². The number of hydrogen-bond acceptors (Lipinski definition) is 4. The molecule has 0 aliphatic carbocycles. The van der Waals surface area contributed by atoms with E-state index in [4.69, 9.17) is 0 Å². The molecule has 2 rings (SSSR count). The number of aromatic nitrogens is 2. The third kappa shape index (κ3) is 5.32. The summed E-state index contributed by atoms with van der Waals surface area (Å²) in [6.07, 6.45) is -1.65. The molecule has 1 aromatic heterocycles. The molecule has 0 saturated heterocycles. The van der Waals surface area contributed by atoms with Gasteiger partial charge in [0.2, 0.25) is 5.91 Å². The Morgan fingerprint density at radius 3 is 2.57 bits per heavy atom. The van der Waals surface area contributed by atoms with Gasteiger partial charge in [0.05, 0.1) is 6.20 Å². The number of carbonyl (C=O) groups is 2. The molecule has 2 aromatic rings. The minimum Gasteiger partial charge on any atom is -0.331 e. The predicted octanol–water partition coefficient (Wildman–Crippen LogP) is 2.23. The van der Waals surface area contributed by atoms with Crippen LogP contribution in [0.1, 0.15) is 24.1 Å². The highest BCUT2D eigenvalue weighted by atomic mass is 19.4. The summed E-state index contributed by atoms with van der Waals surface area (Å²) in [7, 11) is 3.37. The Morgan fingerprint density at radius 1 is 1.32 bits per heavy atom. The van der Waals surface area contributed by atoms with Crippen LogP contribution in [-0.2, 0) is 23.2 Å². The number of nitrogens with zero attached hydrogens (tertiary/aromatic N) is 3. The van der Waals surface area contributed by atoms with E-state index in [9.17, 15) is 22.8 Å². The second kappa shape index (κ2) is 8.87. The van der Waals surface area contributed by atoms with Crippen molar-refractivity contribution in [2.24, 2.45) is 7.05 Å². The molecule has 0 aliphatic rings. The highest BCUT2D eigenvalue weighted by molar-refractivity contribution is 5.95. The second-order valence-corrected chi connectivity index (χ2v) is 6.18. The molecule has 0 bridgehead atoms. The molecule has 152 valence electrons. The summed E-state index contributed by atoms with van der Waals surface area (Å²) in [6, 6.07) is 5.73. The summed E-state index contributed by atoms with van der Waals surface area (Å²) in [5, 5.41) is 9.66. The first-order valence-corrected chi connectivity index (χ1v) is 8.57. The van der Waals surface area contributed by atoms with Crippen LogP contribution >= 0.6 is 0 Å². The predicted molar refractivity (Wildman–Crippen MR) is 97.2 cm³/mol. The Labute approximate surface area is 160 Å². The standard InChI is InChI=1S/C18H22F3N5O2/c1-4-26(17(28)18(19,20)21)10-12-6-5-7-14(8-12)24-16(27)15(22-2)13-9-23-25(3)11-13/h5-9,11,15,22H,4,10H2,1-3H3,(H,24,27). The number of anilines is 1. The first-order valence-electron chi connectivity index (χ1n) is 8.57. The van der Waals surface area contributed by atoms with Crippen molar-refractivity contribution in [3.63, 3.8) is 0 Å². The minimum atomic E-state index is -4.93. The summed E-state index contributed by atoms with van der Waals surface area (Å²) in [4.78, 5) is 24.7. The van der Waals surface area contributed by atoms with Crippen LogP contribution in [0.15, 0.2) is 36.7 Å². The highest BCUT2D eigenvalue weighted by Gasteiger charge is 2.41. The highest BCUT2D eigenvalue weighted by Crippen LogP contribution is 2.21. The lowest BCUT2D eigenvalue weighted by Crippen LogP contribution is -2.40.